The Morgan fingerprint density at radius 3 is 2.45 bits per heavy atom. The Kier molecular flexibility index (Phi) is 6.32. The number of imide groups is 1. The van der Waals surface area contributed by atoms with Crippen LogP contribution < -0.4 is 4.74 Å². The van der Waals surface area contributed by atoms with Gasteiger partial charge in [0.25, 0.3) is 11.1 Å². The smallest absolute Gasteiger partial charge is 0.294 e. The molecule has 2 aliphatic rings. The van der Waals surface area contributed by atoms with Gasteiger partial charge in [-0.05, 0) is 55.4 Å². The van der Waals surface area contributed by atoms with Crippen LogP contribution in [0.3, 0.4) is 0 Å². The first-order chi connectivity index (χ1) is 14.2. The quantitative estimate of drug-likeness (QED) is 0.646. The molecule has 6 heteroatoms. The Balaban J connectivity index is 1.47. The fourth-order valence-corrected chi connectivity index (χ4v) is 4.35. The molecule has 0 saturated carbocycles. The molecule has 29 heavy (non-hydrogen) atoms. The summed E-state index contributed by atoms with van der Waals surface area (Å²) in [6.07, 6.45) is 5.23. The minimum atomic E-state index is -0.219. The van der Waals surface area contributed by atoms with Crippen LogP contribution in [0.4, 0.5) is 4.79 Å². The number of rotatable bonds is 6. The van der Waals surface area contributed by atoms with Gasteiger partial charge in [0, 0.05) is 5.56 Å². The van der Waals surface area contributed by atoms with E-state index in [0.29, 0.717) is 23.9 Å². The highest BCUT2D eigenvalue weighted by atomic mass is 32.2. The van der Waals surface area contributed by atoms with Crippen LogP contribution in [0.2, 0.25) is 0 Å². The average Bonchev–Trinajstić information content (AvgIpc) is 3.02. The number of likely N-dealkylation sites (tertiary alicyclic amines) is 1. The van der Waals surface area contributed by atoms with Crippen molar-refractivity contribution < 1.29 is 14.3 Å². The predicted molar refractivity (Wildman–Crippen MR) is 115 cm³/mol. The summed E-state index contributed by atoms with van der Waals surface area (Å²) in [6.45, 7) is 2.71. The van der Waals surface area contributed by atoms with E-state index in [2.05, 4.69) is 4.90 Å². The van der Waals surface area contributed by atoms with E-state index in [0.717, 1.165) is 48.8 Å². The lowest BCUT2D eigenvalue weighted by Crippen LogP contribution is -2.42. The predicted octanol–water partition coefficient (Wildman–Crippen LogP) is 4.75. The number of carbonyl (C=O) groups excluding carboxylic acids is 2. The first kappa shape index (κ1) is 19.7. The van der Waals surface area contributed by atoms with E-state index in [1.165, 1.54) is 11.3 Å². The van der Waals surface area contributed by atoms with Crippen molar-refractivity contribution in [3.63, 3.8) is 0 Å². The van der Waals surface area contributed by atoms with Crippen molar-refractivity contribution >= 4 is 29.0 Å². The number of hydrogen-bond acceptors (Lipinski definition) is 5. The Morgan fingerprint density at radius 2 is 1.66 bits per heavy atom. The normalized spacial score (nSPS) is 19.2. The van der Waals surface area contributed by atoms with Crippen LogP contribution in [0.25, 0.3) is 6.08 Å². The molecule has 0 radical (unpaired) electrons. The second-order valence-electron chi connectivity index (χ2n) is 7.24. The summed E-state index contributed by atoms with van der Waals surface area (Å²) in [5.74, 6) is 0.475. The largest absolute Gasteiger partial charge is 0.488 e. The van der Waals surface area contributed by atoms with Gasteiger partial charge in [0.15, 0.2) is 0 Å². The molecule has 2 heterocycles. The summed E-state index contributed by atoms with van der Waals surface area (Å²) < 4.78 is 5.97. The van der Waals surface area contributed by atoms with Crippen LogP contribution in [0.15, 0.2) is 59.5 Å². The zero-order chi connectivity index (χ0) is 20.1. The van der Waals surface area contributed by atoms with E-state index >= 15 is 0 Å². The third-order valence-electron chi connectivity index (χ3n) is 5.11. The van der Waals surface area contributed by atoms with Crippen LogP contribution in [0, 0.1) is 0 Å². The molecule has 2 fully saturated rings. The minimum absolute atomic E-state index is 0.200. The van der Waals surface area contributed by atoms with E-state index in [1.807, 2.05) is 54.6 Å². The molecule has 2 aliphatic heterocycles. The lowest BCUT2D eigenvalue weighted by molar-refractivity contribution is -0.124. The number of hydrogen-bond donors (Lipinski definition) is 0. The Labute approximate surface area is 175 Å². The van der Waals surface area contributed by atoms with Crippen LogP contribution in [-0.2, 0) is 11.4 Å². The zero-order valence-corrected chi connectivity index (χ0v) is 17.1. The molecule has 0 aromatic heterocycles. The van der Waals surface area contributed by atoms with Crippen molar-refractivity contribution in [2.75, 3.05) is 19.8 Å². The van der Waals surface area contributed by atoms with Crippen molar-refractivity contribution in [3.05, 3.63) is 70.6 Å². The molecule has 2 aromatic rings. The Hall–Kier alpha value is -2.57. The van der Waals surface area contributed by atoms with Gasteiger partial charge < -0.3 is 4.74 Å². The van der Waals surface area contributed by atoms with Crippen LogP contribution >= 0.6 is 11.8 Å². The summed E-state index contributed by atoms with van der Waals surface area (Å²) in [7, 11) is 0. The van der Waals surface area contributed by atoms with Gasteiger partial charge in [-0.1, -0.05) is 55.0 Å². The number of nitrogens with zero attached hydrogens (tertiary/aromatic N) is 2. The Bertz CT molecular complexity index is 907. The standard InChI is InChI=1S/C23H24N2O3S/c26-22-21(29-23(27)25(22)17-24-13-7-2-8-14-24)15-19-11-5-6-12-20(19)28-16-18-9-3-1-4-10-18/h1,3-6,9-12,15H,2,7-8,13-14,16-17H2. The van der Waals surface area contributed by atoms with Crippen molar-refractivity contribution in [1.82, 2.24) is 9.80 Å². The maximum Gasteiger partial charge on any atom is 0.294 e. The van der Waals surface area contributed by atoms with Gasteiger partial charge in [0.1, 0.15) is 12.4 Å². The molecule has 2 amide bonds. The van der Waals surface area contributed by atoms with Gasteiger partial charge in [0.2, 0.25) is 0 Å². The number of piperidine rings is 1. The fraction of sp³-hybridized carbons (Fsp3) is 0.304. The molecular formula is C23H24N2O3S. The van der Waals surface area contributed by atoms with E-state index in [4.69, 9.17) is 4.74 Å². The molecular weight excluding hydrogens is 384 g/mol. The summed E-state index contributed by atoms with van der Waals surface area (Å²) in [6, 6.07) is 17.5. The molecule has 0 N–H and O–H groups in total. The first-order valence-electron chi connectivity index (χ1n) is 9.94. The van der Waals surface area contributed by atoms with Gasteiger partial charge in [-0.3, -0.25) is 19.4 Å². The average molecular weight is 409 g/mol. The maximum absolute atomic E-state index is 12.8. The monoisotopic (exact) mass is 408 g/mol. The Morgan fingerprint density at radius 1 is 0.931 bits per heavy atom. The number of para-hydroxylation sites is 1. The number of ether oxygens (including phenoxy) is 1. The van der Waals surface area contributed by atoms with Crippen LogP contribution in [0.5, 0.6) is 5.75 Å². The van der Waals surface area contributed by atoms with Gasteiger partial charge in [-0.15, -0.1) is 0 Å². The van der Waals surface area contributed by atoms with E-state index in [-0.39, 0.29) is 11.1 Å². The van der Waals surface area contributed by atoms with Crippen LogP contribution in [0.1, 0.15) is 30.4 Å². The zero-order valence-electron chi connectivity index (χ0n) is 16.3. The fourth-order valence-electron chi connectivity index (χ4n) is 3.53. The minimum Gasteiger partial charge on any atom is -0.488 e. The molecule has 5 nitrogen and oxygen atoms in total. The third-order valence-corrected chi connectivity index (χ3v) is 6.01. The van der Waals surface area contributed by atoms with Crippen molar-refractivity contribution in [2.45, 2.75) is 25.9 Å². The lowest BCUT2D eigenvalue weighted by Gasteiger charge is -2.29. The van der Waals surface area contributed by atoms with E-state index in [9.17, 15) is 9.59 Å². The second-order valence-corrected chi connectivity index (χ2v) is 8.24. The molecule has 2 aromatic carbocycles. The molecule has 0 atom stereocenters. The first-order valence-corrected chi connectivity index (χ1v) is 10.8. The second kappa shape index (κ2) is 9.29. The molecule has 0 aliphatic carbocycles. The summed E-state index contributed by atoms with van der Waals surface area (Å²) in [5, 5.41) is -0.200. The topological polar surface area (TPSA) is 49.9 Å². The number of amides is 2. The molecule has 4 rings (SSSR count). The van der Waals surface area contributed by atoms with Gasteiger partial charge in [-0.25, -0.2) is 0 Å². The summed E-state index contributed by atoms with van der Waals surface area (Å²) in [5.41, 5.74) is 1.87. The van der Waals surface area contributed by atoms with Crippen molar-refractivity contribution in [2.24, 2.45) is 0 Å². The molecule has 0 spiro atoms. The molecule has 2 saturated heterocycles. The number of benzene rings is 2. The van der Waals surface area contributed by atoms with Gasteiger partial charge in [0.05, 0.1) is 11.6 Å². The van der Waals surface area contributed by atoms with Crippen molar-refractivity contribution in [1.29, 1.82) is 0 Å². The highest BCUT2D eigenvalue weighted by Crippen LogP contribution is 2.34. The van der Waals surface area contributed by atoms with E-state index in [1.54, 1.807) is 6.08 Å². The van der Waals surface area contributed by atoms with Gasteiger partial charge in [-0.2, -0.15) is 0 Å². The van der Waals surface area contributed by atoms with Gasteiger partial charge >= 0.3 is 0 Å². The van der Waals surface area contributed by atoms with Crippen LogP contribution in [-0.4, -0.2) is 40.7 Å². The van der Waals surface area contributed by atoms with Crippen molar-refractivity contribution in [3.8, 4) is 5.75 Å². The SMILES string of the molecule is O=C1SC(=Cc2ccccc2OCc2ccccc2)C(=O)N1CN1CCCCC1. The highest BCUT2D eigenvalue weighted by Gasteiger charge is 2.36. The molecule has 150 valence electrons. The lowest BCUT2D eigenvalue weighted by atomic mass is 10.1. The summed E-state index contributed by atoms with van der Waals surface area (Å²) >= 11 is 1.00. The molecule has 0 bridgehead atoms. The molecule has 0 unspecified atom stereocenters. The van der Waals surface area contributed by atoms with E-state index < -0.39 is 0 Å². The highest BCUT2D eigenvalue weighted by molar-refractivity contribution is 8.18. The number of carbonyl (C=O) groups is 2. The summed E-state index contributed by atoms with van der Waals surface area (Å²) in [4.78, 5) is 29.2. The number of thioether (sulfide) groups is 1. The third kappa shape index (κ3) is 4.89. The maximum atomic E-state index is 12.8.